The van der Waals surface area contributed by atoms with E-state index in [4.69, 9.17) is 18.0 Å². The standard InChI is InChI=1S/C31H38N2S/c32-26-12-14-27(15-13-26)33-29(34)31-19-23-17-30(21-31,25-9-5-2-6-10-25)18-24(20-31)28(23)16-11-22-7-3-1-4-8-22/h1-10,16,23-24,26-27H,11-15,17-21,32H2,(H,33,34). The summed E-state index contributed by atoms with van der Waals surface area (Å²) in [5.41, 5.74) is 11.3. The number of hydrogen-bond donors (Lipinski definition) is 2. The zero-order valence-corrected chi connectivity index (χ0v) is 21.0. The van der Waals surface area contributed by atoms with Crippen LogP contribution in [-0.2, 0) is 11.8 Å². The topological polar surface area (TPSA) is 38.0 Å². The molecule has 0 radical (unpaired) electrons. The highest BCUT2D eigenvalue weighted by atomic mass is 32.1. The average molecular weight is 471 g/mol. The summed E-state index contributed by atoms with van der Waals surface area (Å²) >= 11 is 6.27. The third kappa shape index (κ3) is 4.05. The second-order valence-corrected chi connectivity index (χ2v) is 12.2. The molecule has 178 valence electrons. The van der Waals surface area contributed by atoms with Gasteiger partial charge in [-0.1, -0.05) is 84.5 Å². The number of rotatable bonds is 5. The summed E-state index contributed by atoms with van der Waals surface area (Å²) < 4.78 is 0. The van der Waals surface area contributed by atoms with Gasteiger partial charge in [-0.05, 0) is 92.6 Å². The van der Waals surface area contributed by atoms with E-state index < -0.39 is 0 Å². The second-order valence-electron chi connectivity index (χ2n) is 11.8. The van der Waals surface area contributed by atoms with Crippen molar-refractivity contribution in [1.82, 2.24) is 5.32 Å². The van der Waals surface area contributed by atoms with Gasteiger partial charge in [-0.25, -0.2) is 0 Å². The summed E-state index contributed by atoms with van der Waals surface area (Å²) in [6.07, 6.45) is 14.5. The summed E-state index contributed by atoms with van der Waals surface area (Å²) in [5.74, 6) is 1.31. The minimum absolute atomic E-state index is 0.153. The molecule has 34 heavy (non-hydrogen) atoms. The first kappa shape index (κ1) is 22.5. The van der Waals surface area contributed by atoms with Crippen LogP contribution in [0.5, 0.6) is 0 Å². The molecule has 0 spiro atoms. The van der Waals surface area contributed by atoms with E-state index in [0.29, 0.717) is 23.9 Å². The fourth-order valence-electron chi connectivity index (χ4n) is 8.12. The summed E-state index contributed by atoms with van der Waals surface area (Å²) in [6, 6.07) is 23.2. The first-order valence-electron chi connectivity index (χ1n) is 13.4. The van der Waals surface area contributed by atoms with Gasteiger partial charge in [0.05, 0.1) is 4.99 Å². The molecule has 5 saturated carbocycles. The summed E-state index contributed by atoms with van der Waals surface area (Å²) in [4.78, 5) is 1.17. The van der Waals surface area contributed by atoms with Crippen molar-refractivity contribution < 1.29 is 0 Å². The average Bonchev–Trinajstić information content (AvgIpc) is 2.86. The third-order valence-electron chi connectivity index (χ3n) is 9.56. The first-order chi connectivity index (χ1) is 16.6. The van der Waals surface area contributed by atoms with Gasteiger partial charge in [0, 0.05) is 17.5 Å². The van der Waals surface area contributed by atoms with Gasteiger partial charge in [-0.3, -0.25) is 0 Å². The smallest absolute Gasteiger partial charge is 0.0818 e. The molecular weight excluding hydrogens is 432 g/mol. The van der Waals surface area contributed by atoms with Crippen LogP contribution in [0.2, 0.25) is 0 Å². The maximum Gasteiger partial charge on any atom is 0.0818 e. The summed E-state index contributed by atoms with van der Waals surface area (Å²) in [5, 5.41) is 3.89. The lowest BCUT2D eigenvalue weighted by Crippen LogP contribution is -2.60. The zero-order valence-electron chi connectivity index (χ0n) is 20.2. The van der Waals surface area contributed by atoms with Crippen molar-refractivity contribution in [3.05, 3.63) is 83.4 Å². The van der Waals surface area contributed by atoms with Crippen molar-refractivity contribution in [2.45, 2.75) is 81.7 Å². The molecule has 0 amide bonds. The predicted molar refractivity (Wildman–Crippen MR) is 145 cm³/mol. The molecule has 0 heterocycles. The number of thiocarbonyl (C=S) groups is 1. The minimum Gasteiger partial charge on any atom is -0.376 e. The molecule has 5 aliphatic rings. The molecule has 3 heteroatoms. The van der Waals surface area contributed by atoms with Crippen LogP contribution in [0, 0.1) is 17.3 Å². The lowest BCUT2D eigenvalue weighted by atomic mass is 9.41. The lowest BCUT2D eigenvalue weighted by Gasteiger charge is -2.63. The van der Waals surface area contributed by atoms with Gasteiger partial charge < -0.3 is 11.1 Å². The fraction of sp³-hybridized carbons (Fsp3) is 0.516. The van der Waals surface area contributed by atoms with Crippen LogP contribution in [-0.4, -0.2) is 17.1 Å². The number of hydrogen-bond acceptors (Lipinski definition) is 2. The van der Waals surface area contributed by atoms with Gasteiger partial charge >= 0.3 is 0 Å². The van der Waals surface area contributed by atoms with Crippen molar-refractivity contribution in [3.8, 4) is 0 Å². The fourth-order valence-corrected chi connectivity index (χ4v) is 8.52. The van der Waals surface area contributed by atoms with Gasteiger partial charge in [0.2, 0.25) is 0 Å². The summed E-state index contributed by atoms with van der Waals surface area (Å²) in [6.45, 7) is 0. The number of benzene rings is 2. The molecule has 5 aliphatic carbocycles. The zero-order chi connectivity index (χ0) is 23.2. The van der Waals surface area contributed by atoms with E-state index in [-0.39, 0.29) is 10.8 Å². The van der Waals surface area contributed by atoms with Crippen molar-refractivity contribution in [1.29, 1.82) is 0 Å². The van der Waals surface area contributed by atoms with E-state index in [2.05, 4.69) is 72.1 Å². The van der Waals surface area contributed by atoms with Gasteiger partial charge in [0.15, 0.2) is 0 Å². The molecule has 5 fully saturated rings. The Hall–Kier alpha value is -1.97. The highest BCUT2D eigenvalue weighted by Crippen LogP contribution is 2.67. The highest BCUT2D eigenvalue weighted by molar-refractivity contribution is 7.80. The molecule has 2 aromatic rings. The van der Waals surface area contributed by atoms with Crippen LogP contribution in [0.4, 0.5) is 0 Å². The summed E-state index contributed by atoms with van der Waals surface area (Å²) in [7, 11) is 0. The Morgan fingerprint density at radius 2 is 1.50 bits per heavy atom. The van der Waals surface area contributed by atoms with E-state index >= 15 is 0 Å². The second kappa shape index (κ2) is 8.91. The Morgan fingerprint density at radius 1 is 0.882 bits per heavy atom. The van der Waals surface area contributed by atoms with E-state index in [1.54, 1.807) is 11.1 Å². The third-order valence-corrected chi connectivity index (χ3v) is 10.1. The Labute approximate surface area is 210 Å². The highest BCUT2D eigenvalue weighted by Gasteiger charge is 2.61. The van der Waals surface area contributed by atoms with Crippen molar-refractivity contribution >= 4 is 17.2 Å². The maximum atomic E-state index is 6.27. The van der Waals surface area contributed by atoms with Crippen LogP contribution >= 0.6 is 12.2 Å². The SMILES string of the molecule is NC1CCC(NC(=S)C23CC4CC(c5ccccc5)(CC(C2)C4=CCc2ccccc2)C3)CC1. The molecule has 2 atom stereocenters. The largest absolute Gasteiger partial charge is 0.376 e. The van der Waals surface area contributed by atoms with Gasteiger partial charge in [-0.2, -0.15) is 0 Å². The van der Waals surface area contributed by atoms with Crippen molar-refractivity contribution in [3.63, 3.8) is 0 Å². The van der Waals surface area contributed by atoms with Crippen LogP contribution in [0.25, 0.3) is 0 Å². The Balaban J connectivity index is 1.29. The Bertz CT molecular complexity index is 1030. The molecule has 2 nitrogen and oxygen atoms in total. The lowest BCUT2D eigenvalue weighted by molar-refractivity contribution is 0.00543. The quantitative estimate of drug-likeness (QED) is 0.387. The number of nitrogens with one attached hydrogen (secondary N) is 1. The maximum absolute atomic E-state index is 6.27. The van der Waals surface area contributed by atoms with Crippen LogP contribution in [0.15, 0.2) is 72.3 Å². The molecule has 2 unspecified atom stereocenters. The first-order valence-corrected chi connectivity index (χ1v) is 13.8. The van der Waals surface area contributed by atoms with E-state index in [9.17, 15) is 0 Å². The van der Waals surface area contributed by atoms with Crippen LogP contribution in [0.1, 0.15) is 68.9 Å². The molecule has 0 saturated heterocycles. The van der Waals surface area contributed by atoms with Crippen LogP contribution < -0.4 is 11.1 Å². The van der Waals surface area contributed by atoms with Crippen molar-refractivity contribution in [2.24, 2.45) is 23.0 Å². The minimum atomic E-state index is 0.153. The van der Waals surface area contributed by atoms with Gasteiger partial charge in [0.1, 0.15) is 0 Å². The molecule has 7 rings (SSSR count). The predicted octanol–water partition coefficient (Wildman–Crippen LogP) is 6.49. The molecule has 4 bridgehead atoms. The molecule has 0 aliphatic heterocycles. The van der Waals surface area contributed by atoms with Crippen LogP contribution in [0.3, 0.4) is 0 Å². The normalized spacial score (nSPS) is 36.3. The Kier molecular flexibility index (Phi) is 5.90. The van der Waals surface area contributed by atoms with Crippen molar-refractivity contribution in [2.75, 3.05) is 0 Å². The molecule has 3 N–H and O–H groups in total. The molecular formula is C31H38N2S. The monoisotopic (exact) mass is 470 g/mol. The number of allylic oxidation sites excluding steroid dienone is 2. The van der Waals surface area contributed by atoms with E-state index in [1.165, 1.54) is 42.7 Å². The Morgan fingerprint density at radius 3 is 2.15 bits per heavy atom. The molecule has 2 aromatic carbocycles. The number of nitrogens with two attached hydrogens (primary N) is 1. The van der Waals surface area contributed by atoms with E-state index in [0.717, 1.165) is 32.1 Å². The molecule has 0 aromatic heterocycles. The van der Waals surface area contributed by atoms with Gasteiger partial charge in [0.25, 0.3) is 0 Å². The van der Waals surface area contributed by atoms with E-state index in [1.807, 2.05) is 0 Å². The van der Waals surface area contributed by atoms with Gasteiger partial charge in [-0.15, -0.1) is 0 Å².